The topological polar surface area (TPSA) is 64.4 Å². The van der Waals surface area contributed by atoms with E-state index < -0.39 is 0 Å². The van der Waals surface area contributed by atoms with Crippen LogP contribution in [0.3, 0.4) is 0 Å². The van der Waals surface area contributed by atoms with Crippen LogP contribution in [0.1, 0.15) is 30.9 Å². The van der Waals surface area contributed by atoms with Crippen molar-refractivity contribution < 1.29 is 14.2 Å². The highest BCUT2D eigenvalue weighted by atomic mass is 32.2. The highest BCUT2D eigenvalue weighted by Crippen LogP contribution is 2.19. The summed E-state index contributed by atoms with van der Waals surface area (Å²) in [5.41, 5.74) is 4.38. The van der Waals surface area contributed by atoms with Gasteiger partial charge in [0.05, 0.1) is 18.1 Å². The van der Waals surface area contributed by atoms with Crippen LogP contribution < -0.4 is 5.48 Å². The zero-order chi connectivity index (χ0) is 13.5. The molecule has 0 unspecified atom stereocenters. The van der Waals surface area contributed by atoms with E-state index in [1.165, 1.54) is 11.8 Å². The minimum atomic E-state index is -0.118. The van der Waals surface area contributed by atoms with Crippen LogP contribution in [-0.4, -0.2) is 23.4 Å². The lowest BCUT2D eigenvalue weighted by Crippen LogP contribution is -2.27. The lowest BCUT2D eigenvalue weighted by Gasteiger charge is -2.07. The average molecular weight is 272 g/mol. The summed E-state index contributed by atoms with van der Waals surface area (Å²) in [6.45, 7) is 8.36. The van der Waals surface area contributed by atoms with E-state index in [2.05, 4.69) is 10.6 Å². The minimum absolute atomic E-state index is 0.118. The van der Waals surface area contributed by atoms with Gasteiger partial charge in [-0.2, -0.15) is 0 Å². The van der Waals surface area contributed by atoms with Gasteiger partial charge in [0.1, 0.15) is 5.76 Å². The van der Waals surface area contributed by atoms with Crippen LogP contribution in [0.15, 0.2) is 4.52 Å². The number of carbonyl (C=O) groups excluding carboxylic acids is 1. The van der Waals surface area contributed by atoms with Crippen LogP contribution in [0, 0.1) is 19.8 Å². The predicted octanol–water partition coefficient (Wildman–Crippen LogP) is 2.23. The van der Waals surface area contributed by atoms with Crippen LogP contribution in [0.5, 0.6) is 0 Å². The van der Waals surface area contributed by atoms with Crippen molar-refractivity contribution in [1.82, 2.24) is 10.6 Å². The third-order valence-electron chi connectivity index (χ3n) is 2.26. The fourth-order valence-corrected chi connectivity index (χ4v) is 2.23. The Morgan fingerprint density at radius 3 is 2.78 bits per heavy atom. The SMILES string of the molecule is Cc1noc(C)c1CSCC(=O)NOCC(C)C. The third-order valence-corrected chi connectivity index (χ3v) is 3.22. The Morgan fingerprint density at radius 2 is 2.22 bits per heavy atom. The largest absolute Gasteiger partial charge is 0.361 e. The van der Waals surface area contributed by atoms with Gasteiger partial charge in [0.15, 0.2) is 0 Å². The second kappa shape index (κ2) is 7.43. The second-order valence-electron chi connectivity index (χ2n) is 4.53. The fourth-order valence-electron chi connectivity index (χ4n) is 1.27. The molecule has 1 heterocycles. The quantitative estimate of drug-likeness (QED) is 0.771. The molecule has 102 valence electrons. The molecule has 0 bridgehead atoms. The first-order chi connectivity index (χ1) is 8.50. The van der Waals surface area contributed by atoms with E-state index in [0.717, 1.165) is 22.8 Å². The van der Waals surface area contributed by atoms with E-state index >= 15 is 0 Å². The maximum Gasteiger partial charge on any atom is 0.253 e. The summed E-state index contributed by atoms with van der Waals surface area (Å²) >= 11 is 1.51. The molecular weight excluding hydrogens is 252 g/mol. The molecule has 0 aliphatic heterocycles. The zero-order valence-electron chi connectivity index (χ0n) is 11.3. The Labute approximate surface area is 112 Å². The smallest absolute Gasteiger partial charge is 0.253 e. The summed E-state index contributed by atoms with van der Waals surface area (Å²) in [6.07, 6.45) is 0. The molecule has 0 spiro atoms. The normalized spacial score (nSPS) is 10.9. The Hall–Kier alpha value is -1.01. The minimum Gasteiger partial charge on any atom is -0.361 e. The average Bonchev–Trinajstić information content (AvgIpc) is 2.60. The maximum absolute atomic E-state index is 11.4. The van der Waals surface area contributed by atoms with Crippen LogP contribution >= 0.6 is 11.8 Å². The molecule has 1 aromatic rings. The molecule has 0 radical (unpaired) electrons. The second-order valence-corrected chi connectivity index (χ2v) is 5.51. The molecule has 0 saturated carbocycles. The molecule has 0 aliphatic carbocycles. The Balaban J connectivity index is 2.20. The van der Waals surface area contributed by atoms with Crippen molar-refractivity contribution in [3.05, 3.63) is 17.0 Å². The fraction of sp³-hybridized carbons (Fsp3) is 0.667. The summed E-state index contributed by atoms with van der Waals surface area (Å²) in [4.78, 5) is 16.5. The van der Waals surface area contributed by atoms with Gasteiger partial charge in [-0.25, -0.2) is 5.48 Å². The van der Waals surface area contributed by atoms with E-state index in [4.69, 9.17) is 9.36 Å². The molecule has 1 rings (SSSR count). The lowest BCUT2D eigenvalue weighted by atomic mass is 10.2. The van der Waals surface area contributed by atoms with Crippen molar-refractivity contribution in [1.29, 1.82) is 0 Å². The van der Waals surface area contributed by atoms with Gasteiger partial charge in [-0.3, -0.25) is 9.63 Å². The number of aromatic nitrogens is 1. The third kappa shape index (κ3) is 5.10. The Kier molecular flexibility index (Phi) is 6.21. The van der Waals surface area contributed by atoms with Crippen LogP contribution in [0.2, 0.25) is 0 Å². The Morgan fingerprint density at radius 1 is 1.50 bits per heavy atom. The highest BCUT2D eigenvalue weighted by molar-refractivity contribution is 7.99. The van der Waals surface area contributed by atoms with E-state index in [1.54, 1.807) is 0 Å². The number of nitrogens with one attached hydrogen (secondary N) is 1. The van der Waals surface area contributed by atoms with E-state index in [0.29, 0.717) is 18.3 Å². The van der Waals surface area contributed by atoms with Crippen LogP contribution in [0.4, 0.5) is 0 Å². The van der Waals surface area contributed by atoms with Crippen LogP contribution in [-0.2, 0) is 15.4 Å². The standard InChI is InChI=1S/C12H20N2O3S/c1-8(2)5-16-14-12(15)7-18-6-11-9(3)13-17-10(11)4/h8H,5-7H2,1-4H3,(H,14,15). The number of thioether (sulfide) groups is 1. The molecule has 0 aliphatic rings. The summed E-state index contributed by atoms with van der Waals surface area (Å²) < 4.78 is 5.06. The number of aryl methyl sites for hydroxylation is 2. The maximum atomic E-state index is 11.4. The van der Waals surface area contributed by atoms with Crippen molar-refractivity contribution in [2.45, 2.75) is 33.4 Å². The van der Waals surface area contributed by atoms with Gasteiger partial charge in [0.25, 0.3) is 5.91 Å². The van der Waals surface area contributed by atoms with Crippen molar-refractivity contribution in [2.24, 2.45) is 5.92 Å². The first-order valence-electron chi connectivity index (χ1n) is 5.90. The van der Waals surface area contributed by atoms with E-state index in [-0.39, 0.29) is 5.91 Å². The number of hydrogen-bond donors (Lipinski definition) is 1. The molecule has 18 heavy (non-hydrogen) atoms. The number of carbonyl (C=O) groups is 1. The lowest BCUT2D eigenvalue weighted by molar-refractivity contribution is -0.131. The van der Waals surface area contributed by atoms with E-state index in [1.807, 2.05) is 27.7 Å². The summed E-state index contributed by atoms with van der Waals surface area (Å²) in [7, 11) is 0. The summed E-state index contributed by atoms with van der Waals surface area (Å²) in [6, 6.07) is 0. The zero-order valence-corrected chi connectivity index (χ0v) is 12.1. The molecule has 0 fully saturated rings. The van der Waals surface area contributed by atoms with Gasteiger partial charge >= 0.3 is 0 Å². The molecule has 0 aromatic carbocycles. The van der Waals surface area contributed by atoms with Gasteiger partial charge in [-0.15, -0.1) is 11.8 Å². The summed E-state index contributed by atoms with van der Waals surface area (Å²) in [5, 5.41) is 3.87. The highest BCUT2D eigenvalue weighted by Gasteiger charge is 2.10. The molecule has 6 heteroatoms. The molecular formula is C12H20N2O3S. The monoisotopic (exact) mass is 272 g/mol. The van der Waals surface area contributed by atoms with Gasteiger partial charge in [0.2, 0.25) is 0 Å². The molecule has 5 nitrogen and oxygen atoms in total. The van der Waals surface area contributed by atoms with Crippen LogP contribution in [0.25, 0.3) is 0 Å². The number of amides is 1. The van der Waals surface area contributed by atoms with Gasteiger partial charge < -0.3 is 4.52 Å². The number of hydroxylamine groups is 1. The number of rotatable bonds is 7. The van der Waals surface area contributed by atoms with Gasteiger partial charge in [-0.1, -0.05) is 19.0 Å². The number of hydrogen-bond acceptors (Lipinski definition) is 5. The van der Waals surface area contributed by atoms with E-state index in [9.17, 15) is 4.79 Å². The van der Waals surface area contributed by atoms with Crippen molar-refractivity contribution in [2.75, 3.05) is 12.4 Å². The first kappa shape index (κ1) is 15.0. The molecule has 1 N–H and O–H groups in total. The predicted molar refractivity (Wildman–Crippen MR) is 71.1 cm³/mol. The van der Waals surface area contributed by atoms with Gasteiger partial charge in [0, 0.05) is 11.3 Å². The molecule has 1 aromatic heterocycles. The molecule has 1 amide bonds. The Bertz CT molecular complexity index is 371. The molecule has 0 atom stereocenters. The summed E-state index contributed by atoms with van der Waals surface area (Å²) in [5.74, 6) is 2.19. The first-order valence-corrected chi connectivity index (χ1v) is 7.06. The number of nitrogens with zero attached hydrogens (tertiary/aromatic N) is 1. The van der Waals surface area contributed by atoms with Crippen molar-refractivity contribution in [3.8, 4) is 0 Å². The van der Waals surface area contributed by atoms with Gasteiger partial charge in [-0.05, 0) is 19.8 Å². The molecule has 0 saturated heterocycles. The van der Waals surface area contributed by atoms with Crippen molar-refractivity contribution >= 4 is 17.7 Å². The van der Waals surface area contributed by atoms with Crippen molar-refractivity contribution in [3.63, 3.8) is 0 Å².